The largest absolute Gasteiger partial charge is 0.368 e. The number of hydrogen-bond acceptors (Lipinski definition) is 8. The van der Waals surface area contributed by atoms with Gasteiger partial charge in [-0.3, -0.25) is 10.1 Å². The summed E-state index contributed by atoms with van der Waals surface area (Å²) in [5.74, 6) is 0.980. The van der Waals surface area contributed by atoms with Gasteiger partial charge in [-0.05, 0) is 50.1 Å². The molecule has 0 saturated carbocycles. The minimum absolute atomic E-state index is 0.133. The van der Waals surface area contributed by atoms with Crippen LogP contribution >= 0.6 is 0 Å². The zero-order valence-electron chi connectivity index (χ0n) is 17.9. The molecule has 3 aromatic rings. The molecular weight excluding hydrogens is 394 g/mol. The lowest BCUT2D eigenvalue weighted by atomic mass is 10.1. The van der Waals surface area contributed by atoms with Crippen LogP contribution in [0.1, 0.15) is 16.8 Å². The zero-order valence-corrected chi connectivity index (χ0v) is 17.9. The SMILES string of the molecule is Cc1cccc(Nc2ncnc(N3CCN(c4cccc(C)c4C)CC3)c2[N+](=O)[O-])n1. The average Bonchev–Trinajstić information content (AvgIpc) is 2.75. The van der Waals surface area contributed by atoms with Crippen LogP contribution in [0.4, 0.5) is 28.8 Å². The Morgan fingerprint density at radius 1 is 0.968 bits per heavy atom. The van der Waals surface area contributed by atoms with Crippen LogP contribution in [0.25, 0.3) is 0 Å². The van der Waals surface area contributed by atoms with Crippen LogP contribution in [0.5, 0.6) is 0 Å². The highest BCUT2D eigenvalue weighted by atomic mass is 16.6. The third-order valence-electron chi connectivity index (χ3n) is 5.62. The van der Waals surface area contributed by atoms with E-state index in [9.17, 15) is 10.1 Å². The second kappa shape index (κ2) is 8.55. The maximum absolute atomic E-state index is 11.9. The quantitative estimate of drug-likeness (QED) is 0.493. The van der Waals surface area contributed by atoms with E-state index in [1.807, 2.05) is 24.0 Å². The predicted molar refractivity (Wildman–Crippen MR) is 121 cm³/mol. The van der Waals surface area contributed by atoms with Gasteiger partial charge in [-0.2, -0.15) is 0 Å². The molecule has 0 atom stereocenters. The Morgan fingerprint density at radius 3 is 2.39 bits per heavy atom. The number of benzene rings is 1. The summed E-state index contributed by atoms with van der Waals surface area (Å²) in [6, 6.07) is 11.8. The van der Waals surface area contributed by atoms with Crippen molar-refractivity contribution in [2.45, 2.75) is 20.8 Å². The maximum atomic E-state index is 11.9. The van der Waals surface area contributed by atoms with Gasteiger partial charge in [0.05, 0.1) is 4.92 Å². The van der Waals surface area contributed by atoms with Gasteiger partial charge < -0.3 is 15.1 Å². The van der Waals surface area contributed by atoms with Gasteiger partial charge in [0.15, 0.2) is 0 Å². The lowest BCUT2D eigenvalue weighted by molar-refractivity contribution is -0.383. The van der Waals surface area contributed by atoms with Crippen LogP contribution < -0.4 is 15.1 Å². The smallest absolute Gasteiger partial charge is 0.353 e. The van der Waals surface area contributed by atoms with Crippen LogP contribution in [-0.2, 0) is 0 Å². The molecule has 0 unspecified atom stereocenters. The fourth-order valence-electron chi connectivity index (χ4n) is 3.83. The number of nitrogens with one attached hydrogen (secondary N) is 1. The summed E-state index contributed by atoms with van der Waals surface area (Å²) in [5.41, 5.74) is 4.41. The second-order valence-electron chi connectivity index (χ2n) is 7.63. The Morgan fingerprint density at radius 2 is 1.68 bits per heavy atom. The molecule has 0 aliphatic carbocycles. The Bertz CT molecular complexity index is 1110. The molecule has 0 spiro atoms. The van der Waals surface area contributed by atoms with Crippen LogP contribution in [-0.4, -0.2) is 46.1 Å². The molecule has 1 aliphatic rings. The van der Waals surface area contributed by atoms with E-state index in [4.69, 9.17) is 0 Å². The summed E-state index contributed by atoms with van der Waals surface area (Å²) in [4.78, 5) is 28.5. The number of anilines is 4. The van der Waals surface area contributed by atoms with Gasteiger partial charge in [0.2, 0.25) is 11.6 Å². The van der Waals surface area contributed by atoms with E-state index in [2.05, 4.69) is 57.2 Å². The summed E-state index contributed by atoms with van der Waals surface area (Å²) in [6.45, 7) is 8.88. The van der Waals surface area contributed by atoms with Crippen molar-refractivity contribution in [1.82, 2.24) is 15.0 Å². The Kier molecular flexibility index (Phi) is 5.66. The summed E-state index contributed by atoms with van der Waals surface area (Å²) in [5, 5.41) is 14.9. The maximum Gasteiger partial charge on any atom is 0.353 e. The van der Waals surface area contributed by atoms with E-state index < -0.39 is 4.92 Å². The van der Waals surface area contributed by atoms with Crippen LogP contribution in [0.15, 0.2) is 42.7 Å². The lowest BCUT2D eigenvalue weighted by Crippen LogP contribution is -2.47. The molecule has 3 heterocycles. The van der Waals surface area contributed by atoms with Crippen molar-refractivity contribution in [3.63, 3.8) is 0 Å². The predicted octanol–water partition coefficient (Wildman–Crippen LogP) is 3.78. The average molecular weight is 419 g/mol. The molecule has 9 heteroatoms. The summed E-state index contributed by atoms with van der Waals surface area (Å²) < 4.78 is 0. The molecule has 1 saturated heterocycles. The number of rotatable bonds is 5. The second-order valence-corrected chi connectivity index (χ2v) is 7.63. The molecule has 1 aromatic carbocycles. The van der Waals surface area contributed by atoms with E-state index >= 15 is 0 Å². The first kappa shape index (κ1) is 20.5. The summed E-state index contributed by atoms with van der Waals surface area (Å²) in [7, 11) is 0. The zero-order chi connectivity index (χ0) is 22.0. The first-order chi connectivity index (χ1) is 14.9. The number of nitrogens with zero attached hydrogens (tertiary/aromatic N) is 6. The normalized spacial score (nSPS) is 13.9. The molecule has 160 valence electrons. The minimum Gasteiger partial charge on any atom is -0.368 e. The molecule has 0 amide bonds. The molecule has 4 rings (SSSR count). The third-order valence-corrected chi connectivity index (χ3v) is 5.62. The molecule has 9 nitrogen and oxygen atoms in total. The van der Waals surface area contributed by atoms with E-state index in [0.29, 0.717) is 24.7 Å². The molecule has 1 aliphatic heterocycles. The van der Waals surface area contributed by atoms with Crippen molar-refractivity contribution in [1.29, 1.82) is 0 Å². The van der Waals surface area contributed by atoms with Crippen molar-refractivity contribution >= 4 is 28.8 Å². The van der Waals surface area contributed by atoms with E-state index in [1.165, 1.54) is 23.1 Å². The number of pyridine rings is 1. The highest BCUT2D eigenvalue weighted by molar-refractivity contribution is 5.74. The Labute approximate surface area is 180 Å². The number of aromatic nitrogens is 3. The fraction of sp³-hybridized carbons (Fsp3) is 0.318. The van der Waals surface area contributed by atoms with Gasteiger partial charge in [0.25, 0.3) is 0 Å². The van der Waals surface area contributed by atoms with Crippen molar-refractivity contribution in [3.8, 4) is 0 Å². The van der Waals surface area contributed by atoms with Crippen LogP contribution in [0.3, 0.4) is 0 Å². The standard InChI is InChI=1S/C22H25N7O2/c1-15-6-4-8-18(17(15)3)27-10-12-28(13-11-27)22-20(29(30)31)21(23-14-24-22)26-19-9-5-7-16(2)25-19/h4-9,14H,10-13H2,1-3H3,(H,23,24,25,26). The molecule has 0 bridgehead atoms. The lowest BCUT2D eigenvalue weighted by Gasteiger charge is -2.37. The molecule has 1 fully saturated rings. The Balaban J connectivity index is 1.57. The van der Waals surface area contributed by atoms with Crippen LogP contribution in [0, 0.1) is 30.9 Å². The highest BCUT2D eigenvalue weighted by Crippen LogP contribution is 2.34. The van der Waals surface area contributed by atoms with Gasteiger partial charge in [0, 0.05) is 37.6 Å². The monoisotopic (exact) mass is 419 g/mol. The van der Waals surface area contributed by atoms with Gasteiger partial charge >= 0.3 is 5.69 Å². The van der Waals surface area contributed by atoms with Crippen molar-refractivity contribution in [2.75, 3.05) is 41.3 Å². The summed E-state index contributed by atoms with van der Waals surface area (Å²) >= 11 is 0. The third kappa shape index (κ3) is 4.25. The Hall–Kier alpha value is -3.75. The van der Waals surface area contributed by atoms with Crippen molar-refractivity contribution in [3.05, 3.63) is 69.7 Å². The number of aryl methyl sites for hydroxylation is 2. The van der Waals surface area contributed by atoms with Gasteiger partial charge in [-0.15, -0.1) is 0 Å². The number of hydrogen-bond donors (Lipinski definition) is 1. The first-order valence-electron chi connectivity index (χ1n) is 10.2. The minimum atomic E-state index is -0.426. The summed E-state index contributed by atoms with van der Waals surface area (Å²) in [6.07, 6.45) is 1.36. The van der Waals surface area contributed by atoms with Gasteiger partial charge in [-0.25, -0.2) is 15.0 Å². The number of nitro groups is 1. The van der Waals surface area contributed by atoms with E-state index in [0.717, 1.165) is 18.8 Å². The molecular formula is C22H25N7O2. The molecule has 1 N–H and O–H groups in total. The van der Waals surface area contributed by atoms with E-state index in [1.54, 1.807) is 6.07 Å². The molecule has 31 heavy (non-hydrogen) atoms. The fourth-order valence-corrected chi connectivity index (χ4v) is 3.83. The van der Waals surface area contributed by atoms with Crippen LogP contribution in [0.2, 0.25) is 0 Å². The number of piperazine rings is 1. The van der Waals surface area contributed by atoms with Gasteiger partial charge in [-0.1, -0.05) is 18.2 Å². The molecule has 2 aromatic heterocycles. The van der Waals surface area contributed by atoms with E-state index in [-0.39, 0.29) is 11.5 Å². The topological polar surface area (TPSA) is 100 Å². The molecule has 0 radical (unpaired) electrons. The first-order valence-corrected chi connectivity index (χ1v) is 10.2. The van der Waals surface area contributed by atoms with Crippen molar-refractivity contribution < 1.29 is 4.92 Å². The highest BCUT2D eigenvalue weighted by Gasteiger charge is 2.30. The van der Waals surface area contributed by atoms with Crippen molar-refractivity contribution in [2.24, 2.45) is 0 Å². The van der Waals surface area contributed by atoms with Gasteiger partial charge in [0.1, 0.15) is 12.1 Å².